The van der Waals surface area contributed by atoms with E-state index in [1.54, 1.807) is 24.5 Å². The van der Waals surface area contributed by atoms with E-state index in [-0.39, 0.29) is 42.7 Å². The SMILES string of the molecule is CC[C@@]1(O)C(=O)COc2c1cc1n(c2=O)Cc2c-1nc1cc(F)c(C)c3c1c2[C@@H](N)CC3. The van der Waals surface area contributed by atoms with E-state index in [1.165, 1.54) is 6.07 Å². The van der Waals surface area contributed by atoms with Gasteiger partial charge in [0.1, 0.15) is 5.82 Å². The second-order valence-electron chi connectivity index (χ2n) is 8.94. The third kappa shape index (κ3) is 2.23. The van der Waals surface area contributed by atoms with Gasteiger partial charge >= 0.3 is 0 Å². The summed E-state index contributed by atoms with van der Waals surface area (Å²) in [6.45, 7) is 3.37. The molecule has 2 aromatic heterocycles. The van der Waals surface area contributed by atoms with Crippen LogP contribution in [0.1, 0.15) is 53.6 Å². The molecule has 7 nitrogen and oxygen atoms in total. The van der Waals surface area contributed by atoms with Crippen LogP contribution in [0.2, 0.25) is 0 Å². The number of benzene rings is 1. The molecule has 0 spiro atoms. The molecule has 1 aliphatic carbocycles. The lowest BCUT2D eigenvalue weighted by Gasteiger charge is -2.32. The normalized spacial score (nSPS) is 23.0. The summed E-state index contributed by atoms with van der Waals surface area (Å²) in [6, 6.07) is 2.79. The number of hydrogen-bond donors (Lipinski definition) is 2. The van der Waals surface area contributed by atoms with Crippen LogP contribution in [0.4, 0.5) is 4.39 Å². The summed E-state index contributed by atoms with van der Waals surface area (Å²) in [6.07, 6.45) is 1.47. The number of ketones is 1. The van der Waals surface area contributed by atoms with E-state index >= 15 is 0 Å². The lowest BCUT2D eigenvalue weighted by Crippen LogP contribution is -2.45. The van der Waals surface area contributed by atoms with Gasteiger partial charge in [-0.05, 0) is 48.9 Å². The Morgan fingerprint density at radius 1 is 1.34 bits per heavy atom. The highest BCUT2D eigenvalue weighted by Crippen LogP contribution is 2.45. The Morgan fingerprint density at radius 2 is 2.12 bits per heavy atom. The highest BCUT2D eigenvalue weighted by molar-refractivity contribution is 5.94. The highest BCUT2D eigenvalue weighted by atomic mass is 19.1. The third-order valence-corrected chi connectivity index (χ3v) is 7.40. The minimum absolute atomic E-state index is 0.00409. The number of carbonyl (C=O) groups is 1. The van der Waals surface area contributed by atoms with E-state index < -0.39 is 16.9 Å². The zero-order chi connectivity index (χ0) is 22.5. The molecular weight excluding hydrogens is 413 g/mol. The minimum atomic E-state index is -1.79. The molecule has 3 N–H and O–H groups in total. The number of nitrogens with zero attached hydrogens (tertiary/aromatic N) is 2. The molecule has 2 aliphatic heterocycles. The fourth-order valence-corrected chi connectivity index (χ4v) is 5.56. The molecule has 0 unspecified atom stereocenters. The molecule has 3 aromatic rings. The van der Waals surface area contributed by atoms with Crippen LogP contribution in [0, 0.1) is 12.7 Å². The van der Waals surface area contributed by atoms with Gasteiger partial charge in [-0.3, -0.25) is 14.2 Å². The van der Waals surface area contributed by atoms with E-state index in [1.807, 2.05) is 0 Å². The van der Waals surface area contributed by atoms with Gasteiger partial charge in [0.25, 0.3) is 5.56 Å². The van der Waals surface area contributed by atoms with Gasteiger partial charge in [0.15, 0.2) is 18.0 Å². The predicted molar refractivity (Wildman–Crippen MR) is 115 cm³/mol. The van der Waals surface area contributed by atoms with Crippen LogP contribution in [0.3, 0.4) is 0 Å². The molecular formula is C24H22FN3O4. The van der Waals surface area contributed by atoms with Crippen LogP contribution in [0.25, 0.3) is 22.3 Å². The van der Waals surface area contributed by atoms with E-state index in [4.69, 9.17) is 15.5 Å². The largest absolute Gasteiger partial charge is 0.480 e. The summed E-state index contributed by atoms with van der Waals surface area (Å²) in [5.41, 5.74) is 9.27. The molecule has 0 saturated carbocycles. The predicted octanol–water partition coefficient (Wildman–Crippen LogP) is 2.38. The summed E-state index contributed by atoms with van der Waals surface area (Å²) >= 11 is 0. The number of rotatable bonds is 1. The summed E-state index contributed by atoms with van der Waals surface area (Å²) in [7, 11) is 0. The number of hydrogen-bond acceptors (Lipinski definition) is 6. The fourth-order valence-electron chi connectivity index (χ4n) is 5.56. The Hall–Kier alpha value is -3.10. The van der Waals surface area contributed by atoms with Gasteiger partial charge in [0, 0.05) is 28.6 Å². The molecule has 4 heterocycles. The topological polar surface area (TPSA) is 107 Å². The van der Waals surface area contributed by atoms with Crippen LogP contribution < -0.4 is 16.0 Å². The lowest BCUT2D eigenvalue weighted by atomic mass is 9.82. The van der Waals surface area contributed by atoms with Crippen molar-refractivity contribution in [1.82, 2.24) is 9.55 Å². The van der Waals surface area contributed by atoms with Gasteiger partial charge in [-0.15, -0.1) is 0 Å². The van der Waals surface area contributed by atoms with Gasteiger partial charge < -0.3 is 15.6 Å². The van der Waals surface area contributed by atoms with Crippen LogP contribution in [-0.4, -0.2) is 27.0 Å². The van der Waals surface area contributed by atoms with Crippen molar-refractivity contribution in [3.63, 3.8) is 0 Å². The summed E-state index contributed by atoms with van der Waals surface area (Å²) in [5.74, 6) is -0.807. The average molecular weight is 435 g/mol. The number of nitrogens with two attached hydrogens (primary N) is 1. The van der Waals surface area contributed by atoms with Crippen molar-refractivity contribution >= 4 is 16.7 Å². The number of pyridine rings is 2. The van der Waals surface area contributed by atoms with Crippen molar-refractivity contribution in [2.75, 3.05) is 6.61 Å². The van der Waals surface area contributed by atoms with Gasteiger partial charge in [-0.1, -0.05) is 6.92 Å². The number of aryl methyl sites for hydroxylation is 1. The molecule has 0 radical (unpaired) electrons. The molecule has 2 atom stereocenters. The monoisotopic (exact) mass is 435 g/mol. The molecule has 32 heavy (non-hydrogen) atoms. The molecule has 0 amide bonds. The average Bonchev–Trinajstić information content (AvgIpc) is 3.14. The van der Waals surface area contributed by atoms with Crippen molar-refractivity contribution in [3.8, 4) is 17.1 Å². The molecule has 6 rings (SSSR count). The smallest absolute Gasteiger partial charge is 0.294 e. The van der Waals surface area contributed by atoms with Crippen molar-refractivity contribution in [2.24, 2.45) is 5.73 Å². The van der Waals surface area contributed by atoms with E-state index in [9.17, 15) is 19.1 Å². The minimum Gasteiger partial charge on any atom is -0.480 e. The van der Waals surface area contributed by atoms with Gasteiger partial charge in [0.05, 0.1) is 23.4 Å². The lowest BCUT2D eigenvalue weighted by molar-refractivity contribution is -0.143. The number of aromatic nitrogens is 2. The molecule has 0 bridgehead atoms. The molecule has 164 valence electrons. The van der Waals surface area contributed by atoms with Gasteiger partial charge in [-0.2, -0.15) is 0 Å². The van der Waals surface area contributed by atoms with Gasteiger partial charge in [-0.25, -0.2) is 9.37 Å². The van der Waals surface area contributed by atoms with Gasteiger partial charge in [0.2, 0.25) is 5.78 Å². The molecule has 1 aromatic carbocycles. The molecule has 8 heteroatoms. The quantitative estimate of drug-likeness (QED) is 0.475. The number of aliphatic hydroxyl groups is 1. The van der Waals surface area contributed by atoms with Crippen molar-refractivity contribution in [2.45, 2.75) is 51.3 Å². The summed E-state index contributed by atoms with van der Waals surface area (Å²) in [5, 5.41) is 11.9. The Kier molecular flexibility index (Phi) is 3.81. The molecule has 3 aliphatic rings. The first-order valence-electron chi connectivity index (χ1n) is 10.8. The molecule has 0 fully saturated rings. The Labute approximate surface area is 182 Å². The highest BCUT2D eigenvalue weighted by Gasteiger charge is 2.45. The Morgan fingerprint density at radius 3 is 2.88 bits per heavy atom. The second-order valence-corrected chi connectivity index (χ2v) is 8.94. The maximum atomic E-state index is 14.7. The standard InChI is InChI=1S/C24H22FN3O4/c1-3-24(31)13-6-17-21-12(8-28(17)23(30)22(13)32-9-18(24)29)19-15(26)5-4-11-10(2)14(25)7-16(27-21)20(11)19/h6-7,15,31H,3-5,8-9,26H2,1-2H3/t15-,24-/m0/s1. The van der Waals surface area contributed by atoms with Crippen molar-refractivity contribution < 1.29 is 19.0 Å². The van der Waals surface area contributed by atoms with Crippen molar-refractivity contribution in [3.05, 3.63) is 56.1 Å². The number of fused-ring (bicyclic) bond motifs is 5. The Balaban J connectivity index is 1.70. The number of ether oxygens (including phenoxy) is 1. The number of Topliss-reactive ketones (excluding diaryl/α,β-unsaturated/α-hetero) is 1. The zero-order valence-electron chi connectivity index (χ0n) is 17.8. The fraction of sp³-hybridized carbons (Fsp3) is 0.375. The maximum Gasteiger partial charge on any atom is 0.294 e. The van der Waals surface area contributed by atoms with E-state index in [0.29, 0.717) is 35.3 Å². The Bertz CT molecular complexity index is 1440. The zero-order valence-corrected chi connectivity index (χ0v) is 17.8. The van der Waals surface area contributed by atoms with Crippen LogP contribution in [0.5, 0.6) is 5.75 Å². The van der Waals surface area contributed by atoms with E-state index in [0.717, 1.165) is 22.1 Å². The van der Waals surface area contributed by atoms with Crippen LogP contribution in [-0.2, 0) is 23.4 Å². The number of carbonyl (C=O) groups excluding carboxylic acids is 1. The van der Waals surface area contributed by atoms with E-state index in [2.05, 4.69) is 0 Å². The second kappa shape index (κ2) is 6.24. The third-order valence-electron chi connectivity index (χ3n) is 7.40. The summed E-state index contributed by atoms with van der Waals surface area (Å²) in [4.78, 5) is 30.5. The first-order valence-corrected chi connectivity index (χ1v) is 10.8. The molecule has 0 saturated heterocycles. The maximum absolute atomic E-state index is 14.7. The summed E-state index contributed by atoms with van der Waals surface area (Å²) < 4.78 is 21.7. The van der Waals surface area contributed by atoms with Crippen LogP contribution in [0.15, 0.2) is 16.9 Å². The van der Waals surface area contributed by atoms with Crippen molar-refractivity contribution in [1.29, 1.82) is 0 Å². The van der Waals surface area contributed by atoms with Crippen LogP contribution >= 0.6 is 0 Å². The number of halogens is 1. The first-order chi connectivity index (χ1) is 15.3. The first kappa shape index (κ1) is 19.6.